The van der Waals surface area contributed by atoms with Gasteiger partial charge in [0.2, 0.25) is 0 Å². The Morgan fingerprint density at radius 2 is 2.05 bits per heavy atom. The fourth-order valence-corrected chi connectivity index (χ4v) is 3.16. The van der Waals surface area contributed by atoms with Crippen molar-refractivity contribution in [3.63, 3.8) is 0 Å². The van der Waals surface area contributed by atoms with Gasteiger partial charge in [0.1, 0.15) is 5.75 Å². The van der Waals surface area contributed by atoms with Crippen molar-refractivity contribution in [2.24, 2.45) is 0 Å². The number of aryl methyl sites for hydroxylation is 1. The van der Waals surface area contributed by atoms with E-state index >= 15 is 0 Å². The van der Waals surface area contributed by atoms with E-state index in [1.807, 2.05) is 30.3 Å². The molecule has 1 heterocycles. The molecule has 0 aromatic heterocycles. The molecule has 0 amide bonds. The molecule has 102 valence electrons. The number of benzene rings is 2. The van der Waals surface area contributed by atoms with E-state index in [1.165, 1.54) is 11.1 Å². The van der Waals surface area contributed by atoms with Crippen LogP contribution in [0, 0.1) is 3.57 Å². The van der Waals surface area contributed by atoms with Gasteiger partial charge >= 0.3 is 0 Å². The van der Waals surface area contributed by atoms with Gasteiger partial charge < -0.3 is 4.74 Å². The van der Waals surface area contributed by atoms with E-state index in [0.29, 0.717) is 6.42 Å². The van der Waals surface area contributed by atoms with Gasteiger partial charge in [-0.05, 0) is 52.3 Å². The molecule has 0 saturated carbocycles. The molecule has 0 aliphatic carbocycles. The topological polar surface area (TPSA) is 26.3 Å². The molecule has 0 atom stereocenters. The molecule has 1 aliphatic heterocycles. The third-order valence-electron chi connectivity index (χ3n) is 3.57. The average molecular weight is 378 g/mol. The van der Waals surface area contributed by atoms with Crippen molar-refractivity contribution < 1.29 is 9.53 Å². The number of ether oxygens (including phenoxy) is 1. The Morgan fingerprint density at radius 1 is 1.20 bits per heavy atom. The zero-order valence-electron chi connectivity index (χ0n) is 11.1. The molecule has 2 nitrogen and oxygen atoms in total. The molecule has 0 saturated heterocycles. The van der Waals surface area contributed by atoms with Gasteiger partial charge in [0.25, 0.3) is 0 Å². The van der Waals surface area contributed by atoms with E-state index < -0.39 is 0 Å². The summed E-state index contributed by atoms with van der Waals surface area (Å²) in [7, 11) is 0. The van der Waals surface area contributed by atoms with E-state index in [1.54, 1.807) is 0 Å². The molecule has 1 aliphatic rings. The van der Waals surface area contributed by atoms with Crippen LogP contribution in [0.3, 0.4) is 0 Å². The van der Waals surface area contributed by atoms with E-state index in [9.17, 15) is 4.79 Å². The highest BCUT2D eigenvalue weighted by Gasteiger charge is 2.13. The molecular formula is C17H15IO2. The predicted molar refractivity (Wildman–Crippen MR) is 87.5 cm³/mol. The minimum Gasteiger partial charge on any atom is -0.493 e. The number of rotatable bonds is 4. The molecular weight excluding hydrogens is 363 g/mol. The third-order valence-corrected chi connectivity index (χ3v) is 4.51. The minimum atomic E-state index is 0.215. The second-order valence-corrected chi connectivity index (χ2v) is 6.11. The Kier molecular flexibility index (Phi) is 4.05. The number of fused-ring (bicyclic) bond motifs is 1. The van der Waals surface area contributed by atoms with Gasteiger partial charge in [0.05, 0.1) is 6.61 Å². The highest BCUT2D eigenvalue weighted by atomic mass is 127. The molecule has 0 bridgehead atoms. The Bertz CT molecular complexity index is 649. The second-order valence-electron chi connectivity index (χ2n) is 4.94. The van der Waals surface area contributed by atoms with Gasteiger partial charge in [-0.1, -0.05) is 30.3 Å². The molecule has 0 radical (unpaired) electrons. The van der Waals surface area contributed by atoms with Crippen molar-refractivity contribution in [1.29, 1.82) is 0 Å². The monoisotopic (exact) mass is 378 g/mol. The zero-order valence-corrected chi connectivity index (χ0v) is 13.2. The van der Waals surface area contributed by atoms with Crippen LogP contribution in [0.1, 0.15) is 27.9 Å². The quantitative estimate of drug-likeness (QED) is 0.593. The van der Waals surface area contributed by atoms with Crippen LogP contribution < -0.4 is 4.74 Å². The summed E-state index contributed by atoms with van der Waals surface area (Å²) in [5, 5.41) is 0. The molecule has 3 rings (SSSR count). The van der Waals surface area contributed by atoms with Crippen molar-refractivity contribution in [2.75, 3.05) is 6.61 Å². The molecule has 2 aromatic rings. The van der Waals surface area contributed by atoms with Crippen molar-refractivity contribution >= 4 is 28.4 Å². The smallest absolute Gasteiger partial charge is 0.164 e. The van der Waals surface area contributed by atoms with Crippen LogP contribution in [0.2, 0.25) is 0 Å². The van der Waals surface area contributed by atoms with Crippen LogP contribution >= 0.6 is 22.6 Å². The first kappa shape index (κ1) is 13.6. The van der Waals surface area contributed by atoms with Gasteiger partial charge in [-0.3, -0.25) is 4.79 Å². The largest absolute Gasteiger partial charge is 0.493 e. The SMILES string of the molecule is O=C(CCc1ccc2c(c1)CCO2)c1ccccc1I. The lowest BCUT2D eigenvalue weighted by Gasteiger charge is -2.05. The molecule has 0 fully saturated rings. The molecule has 0 spiro atoms. The zero-order chi connectivity index (χ0) is 13.9. The summed E-state index contributed by atoms with van der Waals surface area (Å²) in [4.78, 5) is 12.2. The molecule has 20 heavy (non-hydrogen) atoms. The lowest BCUT2D eigenvalue weighted by molar-refractivity contribution is 0.0982. The maximum Gasteiger partial charge on any atom is 0.164 e. The lowest BCUT2D eigenvalue weighted by Crippen LogP contribution is -2.03. The maximum atomic E-state index is 12.2. The molecule has 0 unspecified atom stereocenters. The molecule has 0 N–H and O–H groups in total. The minimum absolute atomic E-state index is 0.215. The lowest BCUT2D eigenvalue weighted by atomic mass is 10.0. The Balaban J connectivity index is 1.68. The van der Waals surface area contributed by atoms with Gasteiger partial charge in [0.15, 0.2) is 5.78 Å². The summed E-state index contributed by atoms with van der Waals surface area (Å²) in [5.74, 6) is 1.21. The van der Waals surface area contributed by atoms with Gasteiger partial charge in [0, 0.05) is 22.0 Å². The van der Waals surface area contributed by atoms with Gasteiger partial charge in [-0.25, -0.2) is 0 Å². The Hall–Kier alpha value is -1.36. The van der Waals surface area contributed by atoms with Crippen LogP contribution in [0.15, 0.2) is 42.5 Å². The van der Waals surface area contributed by atoms with Crippen LogP contribution in [0.25, 0.3) is 0 Å². The first-order valence-corrected chi connectivity index (χ1v) is 7.84. The van der Waals surface area contributed by atoms with Crippen molar-refractivity contribution in [3.05, 3.63) is 62.7 Å². The first-order chi connectivity index (χ1) is 9.74. The summed E-state index contributed by atoms with van der Waals surface area (Å²) in [6.45, 7) is 0.778. The number of halogens is 1. The van der Waals surface area contributed by atoms with Crippen LogP contribution in [-0.2, 0) is 12.8 Å². The summed E-state index contributed by atoms with van der Waals surface area (Å²) in [5.41, 5.74) is 3.32. The Morgan fingerprint density at radius 3 is 2.90 bits per heavy atom. The van der Waals surface area contributed by atoms with Crippen LogP contribution in [-0.4, -0.2) is 12.4 Å². The number of ketones is 1. The summed E-state index contributed by atoms with van der Waals surface area (Å²) in [6.07, 6.45) is 2.32. The molecule has 2 aromatic carbocycles. The summed E-state index contributed by atoms with van der Waals surface area (Å²) < 4.78 is 6.52. The number of carbonyl (C=O) groups excluding carboxylic acids is 1. The van der Waals surface area contributed by atoms with E-state index in [0.717, 1.165) is 34.3 Å². The van der Waals surface area contributed by atoms with Crippen LogP contribution in [0.4, 0.5) is 0 Å². The van der Waals surface area contributed by atoms with Crippen molar-refractivity contribution in [2.45, 2.75) is 19.3 Å². The van der Waals surface area contributed by atoms with E-state index in [2.05, 4.69) is 34.7 Å². The predicted octanol–water partition coefficient (Wildman–Crippen LogP) is 4.04. The van der Waals surface area contributed by atoms with E-state index in [-0.39, 0.29) is 5.78 Å². The Labute approximate surface area is 132 Å². The third kappa shape index (κ3) is 2.87. The fourth-order valence-electron chi connectivity index (χ4n) is 2.48. The van der Waals surface area contributed by atoms with Crippen LogP contribution in [0.5, 0.6) is 5.75 Å². The summed E-state index contributed by atoms with van der Waals surface area (Å²) in [6, 6.07) is 14.0. The van der Waals surface area contributed by atoms with Crippen molar-refractivity contribution in [3.8, 4) is 5.75 Å². The first-order valence-electron chi connectivity index (χ1n) is 6.76. The highest BCUT2D eigenvalue weighted by Crippen LogP contribution is 2.26. The van der Waals surface area contributed by atoms with Gasteiger partial charge in [-0.15, -0.1) is 0 Å². The molecule has 3 heteroatoms. The fraction of sp³-hybridized carbons (Fsp3) is 0.235. The van der Waals surface area contributed by atoms with E-state index in [4.69, 9.17) is 4.74 Å². The number of hydrogen-bond donors (Lipinski definition) is 0. The average Bonchev–Trinajstić information content (AvgIpc) is 2.92. The number of carbonyl (C=O) groups is 1. The normalized spacial score (nSPS) is 12.8. The second kappa shape index (κ2) is 5.95. The standard InChI is InChI=1S/C17H15IO2/c18-15-4-2-1-3-14(15)16(19)7-5-12-6-8-17-13(11-12)9-10-20-17/h1-4,6,8,11H,5,7,9-10H2. The van der Waals surface area contributed by atoms with Gasteiger partial charge in [-0.2, -0.15) is 0 Å². The number of hydrogen-bond acceptors (Lipinski definition) is 2. The maximum absolute atomic E-state index is 12.2. The number of Topliss-reactive ketones (excluding diaryl/α,β-unsaturated/α-hetero) is 1. The summed E-state index contributed by atoms with van der Waals surface area (Å²) >= 11 is 2.22. The highest BCUT2D eigenvalue weighted by molar-refractivity contribution is 14.1. The van der Waals surface area contributed by atoms with Crippen molar-refractivity contribution in [1.82, 2.24) is 0 Å².